The maximum Gasteiger partial charge on any atom is 0.271 e. The third-order valence-electron chi connectivity index (χ3n) is 4.24. The number of fused-ring (bicyclic) bond motifs is 1. The van der Waals surface area contributed by atoms with Gasteiger partial charge in [0.2, 0.25) is 0 Å². The fraction of sp³-hybridized carbons (Fsp3) is 0.533. The molecule has 5 nitrogen and oxygen atoms in total. The van der Waals surface area contributed by atoms with E-state index in [-0.39, 0.29) is 10.6 Å². The average Bonchev–Trinajstić information content (AvgIpc) is 2.88. The first kappa shape index (κ1) is 13.1. The summed E-state index contributed by atoms with van der Waals surface area (Å²) in [6.07, 6.45) is 8.88. The summed E-state index contributed by atoms with van der Waals surface area (Å²) in [4.78, 5) is 18.1. The zero-order valence-electron chi connectivity index (χ0n) is 11.5. The number of nitro groups is 1. The lowest BCUT2D eigenvalue weighted by molar-refractivity contribution is -0.384. The second-order valence-electron chi connectivity index (χ2n) is 5.68. The lowest BCUT2D eigenvalue weighted by Crippen LogP contribution is -2.07. The first-order valence-electron chi connectivity index (χ1n) is 7.35. The van der Waals surface area contributed by atoms with E-state index in [0.717, 1.165) is 29.2 Å². The molecular formula is C15H19N3O2. The summed E-state index contributed by atoms with van der Waals surface area (Å²) in [5.74, 6) is 1.78. The van der Waals surface area contributed by atoms with Crippen LogP contribution in [-0.2, 0) is 6.42 Å². The molecule has 0 spiro atoms. The summed E-state index contributed by atoms with van der Waals surface area (Å²) in [6, 6.07) is 4.79. The molecule has 0 aliphatic heterocycles. The van der Waals surface area contributed by atoms with Gasteiger partial charge in [-0.15, -0.1) is 0 Å². The Morgan fingerprint density at radius 1 is 1.30 bits per heavy atom. The normalized spacial score (nSPS) is 16.6. The van der Waals surface area contributed by atoms with Crippen LogP contribution in [0.2, 0.25) is 0 Å². The van der Waals surface area contributed by atoms with Gasteiger partial charge in [-0.05, 0) is 18.4 Å². The summed E-state index contributed by atoms with van der Waals surface area (Å²) in [5.41, 5.74) is 1.69. The van der Waals surface area contributed by atoms with Crippen molar-refractivity contribution in [2.24, 2.45) is 5.92 Å². The van der Waals surface area contributed by atoms with E-state index in [1.54, 1.807) is 12.1 Å². The Bertz CT molecular complexity index is 615. The lowest BCUT2D eigenvalue weighted by Gasteiger charge is -2.20. The molecule has 1 heterocycles. The molecule has 3 rings (SSSR count). The highest BCUT2D eigenvalue weighted by Crippen LogP contribution is 2.27. The van der Waals surface area contributed by atoms with E-state index in [9.17, 15) is 10.1 Å². The summed E-state index contributed by atoms with van der Waals surface area (Å²) in [7, 11) is 0. The monoisotopic (exact) mass is 273 g/mol. The third kappa shape index (κ3) is 2.81. The SMILES string of the molecule is O=[N+]([O-])c1ccc2nc(CCC3CCCCC3)[nH]c2c1. The minimum atomic E-state index is -0.373. The summed E-state index contributed by atoms with van der Waals surface area (Å²) < 4.78 is 0. The van der Waals surface area contributed by atoms with Crippen LogP contribution in [0.1, 0.15) is 44.3 Å². The van der Waals surface area contributed by atoms with E-state index in [2.05, 4.69) is 9.97 Å². The molecule has 5 heteroatoms. The number of hydrogen-bond acceptors (Lipinski definition) is 3. The van der Waals surface area contributed by atoms with E-state index >= 15 is 0 Å². The fourth-order valence-corrected chi connectivity index (χ4v) is 3.10. The second-order valence-corrected chi connectivity index (χ2v) is 5.68. The van der Waals surface area contributed by atoms with Crippen molar-refractivity contribution in [1.29, 1.82) is 0 Å². The molecule has 1 fully saturated rings. The number of H-pyrrole nitrogens is 1. The van der Waals surface area contributed by atoms with Gasteiger partial charge in [0.25, 0.3) is 5.69 Å². The largest absolute Gasteiger partial charge is 0.342 e. The molecule has 1 aliphatic rings. The first-order chi connectivity index (χ1) is 9.72. The highest BCUT2D eigenvalue weighted by atomic mass is 16.6. The van der Waals surface area contributed by atoms with Crippen molar-refractivity contribution >= 4 is 16.7 Å². The number of hydrogen-bond donors (Lipinski definition) is 1. The van der Waals surface area contributed by atoms with Crippen molar-refractivity contribution in [2.45, 2.75) is 44.9 Å². The Morgan fingerprint density at radius 2 is 2.10 bits per heavy atom. The van der Waals surface area contributed by atoms with Crippen LogP contribution in [0.15, 0.2) is 18.2 Å². The molecule has 1 aromatic carbocycles. The number of nitro benzene ring substituents is 1. The van der Waals surface area contributed by atoms with Crippen LogP contribution >= 0.6 is 0 Å². The maximum absolute atomic E-state index is 10.8. The van der Waals surface area contributed by atoms with Gasteiger partial charge >= 0.3 is 0 Å². The number of aromatic amines is 1. The zero-order valence-corrected chi connectivity index (χ0v) is 11.5. The van der Waals surface area contributed by atoms with E-state index in [1.165, 1.54) is 44.6 Å². The van der Waals surface area contributed by atoms with E-state index < -0.39 is 0 Å². The first-order valence-corrected chi connectivity index (χ1v) is 7.35. The van der Waals surface area contributed by atoms with Crippen LogP contribution in [0.4, 0.5) is 5.69 Å². The number of non-ortho nitro benzene ring substituents is 1. The summed E-state index contributed by atoms with van der Waals surface area (Å²) in [5, 5.41) is 10.8. The average molecular weight is 273 g/mol. The maximum atomic E-state index is 10.8. The van der Waals surface area contributed by atoms with Crippen LogP contribution in [0.25, 0.3) is 11.0 Å². The van der Waals surface area contributed by atoms with Crippen molar-refractivity contribution in [2.75, 3.05) is 0 Å². The summed E-state index contributed by atoms with van der Waals surface area (Å²) in [6.45, 7) is 0. The topological polar surface area (TPSA) is 71.8 Å². The molecule has 0 amide bonds. The highest BCUT2D eigenvalue weighted by molar-refractivity contribution is 5.77. The molecule has 0 saturated heterocycles. The predicted octanol–water partition coefficient (Wildman–Crippen LogP) is 3.98. The Hall–Kier alpha value is -1.91. The Morgan fingerprint density at radius 3 is 2.85 bits per heavy atom. The van der Waals surface area contributed by atoms with Crippen LogP contribution in [-0.4, -0.2) is 14.9 Å². The molecule has 20 heavy (non-hydrogen) atoms. The minimum Gasteiger partial charge on any atom is -0.342 e. The third-order valence-corrected chi connectivity index (χ3v) is 4.24. The molecule has 0 radical (unpaired) electrons. The van der Waals surface area contributed by atoms with Gasteiger partial charge in [-0.2, -0.15) is 0 Å². The van der Waals surface area contributed by atoms with Crippen LogP contribution < -0.4 is 0 Å². The highest BCUT2D eigenvalue weighted by Gasteiger charge is 2.15. The molecule has 106 valence electrons. The van der Waals surface area contributed by atoms with Crippen LogP contribution in [0, 0.1) is 16.0 Å². The van der Waals surface area contributed by atoms with Gasteiger partial charge < -0.3 is 4.98 Å². The van der Waals surface area contributed by atoms with Crippen LogP contribution in [0.5, 0.6) is 0 Å². The number of benzene rings is 1. The van der Waals surface area contributed by atoms with Crippen LogP contribution in [0.3, 0.4) is 0 Å². The molecular weight excluding hydrogens is 254 g/mol. The predicted molar refractivity (Wildman–Crippen MR) is 77.6 cm³/mol. The molecule has 1 N–H and O–H groups in total. The Balaban J connectivity index is 1.70. The molecule has 1 aromatic heterocycles. The minimum absolute atomic E-state index is 0.111. The van der Waals surface area contributed by atoms with Crippen molar-refractivity contribution in [3.8, 4) is 0 Å². The molecule has 0 unspecified atom stereocenters. The molecule has 0 bridgehead atoms. The van der Waals surface area contributed by atoms with Crippen molar-refractivity contribution in [1.82, 2.24) is 9.97 Å². The van der Waals surface area contributed by atoms with Gasteiger partial charge in [0.05, 0.1) is 16.0 Å². The molecule has 1 aliphatic carbocycles. The zero-order chi connectivity index (χ0) is 13.9. The number of rotatable bonds is 4. The van der Waals surface area contributed by atoms with E-state index in [1.807, 2.05) is 0 Å². The second kappa shape index (κ2) is 5.61. The Labute approximate surface area is 117 Å². The van der Waals surface area contributed by atoms with Gasteiger partial charge in [0.15, 0.2) is 0 Å². The molecule has 0 atom stereocenters. The van der Waals surface area contributed by atoms with Crippen molar-refractivity contribution in [3.63, 3.8) is 0 Å². The van der Waals surface area contributed by atoms with E-state index in [4.69, 9.17) is 0 Å². The Kier molecular flexibility index (Phi) is 3.67. The number of aryl methyl sites for hydroxylation is 1. The lowest BCUT2D eigenvalue weighted by atomic mass is 9.86. The number of aromatic nitrogens is 2. The van der Waals surface area contributed by atoms with Crippen molar-refractivity contribution < 1.29 is 4.92 Å². The molecule has 2 aromatic rings. The quantitative estimate of drug-likeness (QED) is 0.676. The number of nitrogens with one attached hydrogen (secondary N) is 1. The van der Waals surface area contributed by atoms with Gasteiger partial charge in [-0.3, -0.25) is 10.1 Å². The van der Waals surface area contributed by atoms with Gasteiger partial charge in [-0.1, -0.05) is 32.1 Å². The molecule has 1 saturated carbocycles. The smallest absolute Gasteiger partial charge is 0.271 e. The van der Waals surface area contributed by atoms with Gasteiger partial charge in [0, 0.05) is 18.6 Å². The number of nitrogens with zero attached hydrogens (tertiary/aromatic N) is 2. The summed E-state index contributed by atoms with van der Waals surface area (Å²) >= 11 is 0. The van der Waals surface area contributed by atoms with Gasteiger partial charge in [0.1, 0.15) is 5.82 Å². The number of imidazole rings is 1. The van der Waals surface area contributed by atoms with E-state index in [0.29, 0.717) is 0 Å². The standard InChI is InChI=1S/C15H19N3O2/c19-18(20)12-7-8-13-14(10-12)17-15(16-13)9-6-11-4-2-1-3-5-11/h7-8,10-11H,1-6,9H2,(H,16,17). The fourth-order valence-electron chi connectivity index (χ4n) is 3.10. The van der Waals surface area contributed by atoms with Gasteiger partial charge in [-0.25, -0.2) is 4.98 Å². The van der Waals surface area contributed by atoms with Crippen molar-refractivity contribution in [3.05, 3.63) is 34.1 Å².